The van der Waals surface area contributed by atoms with Crippen molar-refractivity contribution in [3.63, 3.8) is 0 Å². The smallest absolute Gasteiger partial charge is 0.394 e. The molecule has 0 bridgehead atoms. The zero-order valence-electron chi connectivity index (χ0n) is 5.39. The summed E-state index contributed by atoms with van der Waals surface area (Å²) in [5.74, 6) is 0. The van der Waals surface area contributed by atoms with E-state index in [2.05, 4.69) is 4.98 Å². The van der Waals surface area contributed by atoms with Crippen molar-refractivity contribution in [2.45, 2.75) is 6.18 Å². The Morgan fingerprint density at radius 1 is 1.36 bits per heavy atom. The molecule has 0 N–H and O–H groups in total. The second-order valence-electron chi connectivity index (χ2n) is 1.66. The van der Waals surface area contributed by atoms with Gasteiger partial charge in [-0.05, 0) is 5.56 Å². The SMILES string of the molecule is FC(F)(F)c1[c-]nccc1.[Y]. The summed E-state index contributed by atoms with van der Waals surface area (Å²) in [6.07, 6.45) is -1.25. The van der Waals surface area contributed by atoms with Gasteiger partial charge in [0.25, 0.3) is 0 Å². The first kappa shape index (κ1) is 11.0. The third kappa shape index (κ3) is 3.30. The first-order chi connectivity index (χ1) is 4.61. The van der Waals surface area contributed by atoms with Gasteiger partial charge in [0.15, 0.2) is 0 Å². The Bertz CT molecular complexity index is 209. The molecule has 1 heterocycles. The van der Waals surface area contributed by atoms with Crippen LogP contribution in [0.1, 0.15) is 5.56 Å². The molecule has 1 nitrogen and oxygen atoms in total. The minimum Gasteiger partial charge on any atom is -0.394 e. The predicted octanol–water partition coefficient (Wildman–Crippen LogP) is 1.90. The average molecular weight is 235 g/mol. The maximum Gasteiger partial charge on any atom is 0.395 e. The number of alkyl halides is 3. The molecule has 1 aromatic rings. The van der Waals surface area contributed by atoms with E-state index < -0.39 is 11.7 Å². The van der Waals surface area contributed by atoms with Gasteiger partial charge in [-0.25, -0.2) is 0 Å². The van der Waals surface area contributed by atoms with Gasteiger partial charge in [-0.2, -0.15) is 25.3 Å². The molecule has 0 unspecified atom stereocenters. The minimum atomic E-state index is -4.33. The Morgan fingerprint density at radius 3 is 2.27 bits per heavy atom. The molecule has 0 saturated heterocycles. The quantitative estimate of drug-likeness (QED) is 0.626. The van der Waals surface area contributed by atoms with Gasteiger partial charge < -0.3 is 4.98 Å². The number of nitrogens with zero attached hydrogens (tertiary/aromatic N) is 1. The van der Waals surface area contributed by atoms with Crippen LogP contribution in [0.3, 0.4) is 0 Å². The van der Waals surface area contributed by atoms with E-state index in [1.54, 1.807) is 0 Å². The van der Waals surface area contributed by atoms with Crippen molar-refractivity contribution in [1.82, 2.24) is 4.98 Å². The molecule has 1 rings (SSSR count). The summed E-state index contributed by atoms with van der Waals surface area (Å²) in [5.41, 5.74) is -0.838. The van der Waals surface area contributed by atoms with Crippen molar-refractivity contribution in [2.24, 2.45) is 0 Å². The maximum atomic E-state index is 11.7. The first-order valence-corrected chi connectivity index (χ1v) is 2.50. The number of hydrogen-bond donors (Lipinski definition) is 0. The van der Waals surface area contributed by atoms with Crippen LogP contribution in [-0.2, 0) is 38.9 Å². The predicted molar refractivity (Wildman–Crippen MR) is 28.1 cm³/mol. The fraction of sp³-hybridized carbons (Fsp3) is 0.167. The van der Waals surface area contributed by atoms with Gasteiger partial charge in [0.2, 0.25) is 0 Å². The molecule has 0 aliphatic heterocycles. The average Bonchev–Trinajstić information content (AvgIpc) is 1.88. The molecular weight excluding hydrogens is 232 g/mol. The fourth-order valence-corrected chi connectivity index (χ4v) is 0.484. The van der Waals surface area contributed by atoms with E-state index in [-0.39, 0.29) is 32.7 Å². The van der Waals surface area contributed by atoms with E-state index in [9.17, 15) is 13.2 Å². The number of hydrogen-bond acceptors (Lipinski definition) is 1. The van der Waals surface area contributed by atoms with Crippen LogP contribution in [0.2, 0.25) is 0 Å². The largest absolute Gasteiger partial charge is 0.395 e. The molecule has 0 saturated carbocycles. The van der Waals surface area contributed by atoms with Crippen molar-refractivity contribution in [2.75, 3.05) is 0 Å². The van der Waals surface area contributed by atoms with Gasteiger partial charge in [0.1, 0.15) is 0 Å². The van der Waals surface area contributed by atoms with Crippen LogP contribution in [-0.4, -0.2) is 4.98 Å². The van der Waals surface area contributed by atoms with Crippen molar-refractivity contribution in [3.05, 3.63) is 30.1 Å². The topological polar surface area (TPSA) is 12.9 Å². The molecule has 0 atom stereocenters. The number of rotatable bonds is 0. The summed E-state index contributed by atoms with van der Waals surface area (Å²) >= 11 is 0. The zero-order chi connectivity index (χ0) is 7.61. The van der Waals surface area contributed by atoms with E-state index >= 15 is 0 Å². The van der Waals surface area contributed by atoms with Crippen LogP contribution in [0, 0.1) is 6.20 Å². The minimum absolute atomic E-state index is 0. The standard InChI is InChI=1S/C6H3F3N.Y/c7-6(8,9)5-2-1-3-10-4-5;/h1-3H;/q-1;. The summed E-state index contributed by atoms with van der Waals surface area (Å²) in [4.78, 5) is 3.21. The second kappa shape index (κ2) is 4.17. The van der Waals surface area contributed by atoms with Crippen LogP contribution in [0.25, 0.3) is 0 Å². The molecule has 0 spiro atoms. The van der Waals surface area contributed by atoms with Crippen LogP contribution in [0.15, 0.2) is 18.3 Å². The number of aromatic nitrogens is 1. The Kier molecular flexibility index (Phi) is 4.18. The van der Waals surface area contributed by atoms with Crippen molar-refractivity contribution < 1.29 is 45.9 Å². The number of pyridine rings is 1. The van der Waals surface area contributed by atoms with Crippen molar-refractivity contribution in [1.29, 1.82) is 0 Å². The molecular formula is C6H3F3NY-. The zero-order valence-corrected chi connectivity index (χ0v) is 8.23. The van der Waals surface area contributed by atoms with E-state index in [0.29, 0.717) is 0 Å². The summed E-state index contributed by atoms with van der Waals surface area (Å²) < 4.78 is 35.1. The van der Waals surface area contributed by atoms with Crippen LogP contribution in [0.4, 0.5) is 13.2 Å². The maximum absolute atomic E-state index is 11.7. The first-order valence-electron chi connectivity index (χ1n) is 2.50. The Labute approximate surface area is 86.9 Å². The van der Waals surface area contributed by atoms with E-state index in [4.69, 9.17) is 0 Å². The van der Waals surface area contributed by atoms with E-state index in [1.807, 2.05) is 6.20 Å². The van der Waals surface area contributed by atoms with Gasteiger partial charge in [-0.1, -0.05) is 12.4 Å². The van der Waals surface area contributed by atoms with Gasteiger partial charge in [0.05, 0.1) is 0 Å². The monoisotopic (exact) mass is 235 g/mol. The van der Waals surface area contributed by atoms with E-state index in [0.717, 1.165) is 6.07 Å². The molecule has 1 radical (unpaired) electrons. The fourth-order valence-electron chi connectivity index (χ4n) is 0.484. The molecule has 11 heavy (non-hydrogen) atoms. The Balaban J connectivity index is 0.000001000. The van der Waals surface area contributed by atoms with Gasteiger partial charge >= 0.3 is 6.18 Å². The van der Waals surface area contributed by atoms with Gasteiger partial charge in [0, 0.05) is 32.7 Å². The normalized spacial score (nSPS) is 10.5. The molecule has 0 fully saturated rings. The molecule has 5 heteroatoms. The van der Waals surface area contributed by atoms with E-state index in [1.165, 1.54) is 12.3 Å². The molecule has 0 aromatic carbocycles. The van der Waals surface area contributed by atoms with Crippen LogP contribution < -0.4 is 0 Å². The third-order valence-corrected chi connectivity index (χ3v) is 0.914. The molecule has 0 amide bonds. The molecule has 57 valence electrons. The Hall–Kier alpha value is 0.0439. The van der Waals surface area contributed by atoms with Crippen LogP contribution >= 0.6 is 0 Å². The van der Waals surface area contributed by atoms with Gasteiger partial charge in [-0.15, -0.1) is 0 Å². The second-order valence-corrected chi connectivity index (χ2v) is 1.66. The number of halogens is 3. The third-order valence-electron chi connectivity index (χ3n) is 0.914. The van der Waals surface area contributed by atoms with Gasteiger partial charge in [-0.3, -0.25) is 0 Å². The summed E-state index contributed by atoms with van der Waals surface area (Å²) in [6, 6.07) is 2.15. The van der Waals surface area contributed by atoms with Crippen LogP contribution in [0.5, 0.6) is 0 Å². The van der Waals surface area contributed by atoms with Crippen molar-refractivity contribution in [3.8, 4) is 0 Å². The summed E-state index contributed by atoms with van der Waals surface area (Å²) in [5, 5.41) is 0. The molecule has 0 aliphatic rings. The summed E-state index contributed by atoms with van der Waals surface area (Å²) in [6.45, 7) is 0. The summed E-state index contributed by atoms with van der Waals surface area (Å²) in [7, 11) is 0. The molecule has 1 aromatic heterocycles. The van der Waals surface area contributed by atoms with Crippen molar-refractivity contribution >= 4 is 0 Å². The Morgan fingerprint density at radius 2 is 2.00 bits per heavy atom. The molecule has 0 aliphatic carbocycles.